The molecule has 0 radical (unpaired) electrons. The number of rotatable bonds is 4. The summed E-state index contributed by atoms with van der Waals surface area (Å²) in [6, 6.07) is 8.25. The van der Waals surface area contributed by atoms with Crippen molar-refractivity contribution in [3.63, 3.8) is 0 Å². The highest BCUT2D eigenvalue weighted by Gasteiger charge is 2.09. The minimum atomic E-state index is -0.298. The molecule has 0 fully saturated rings. The van der Waals surface area contributed by atoms with Crippen LogP contribution < -0.4 is 5.32 Å². The highest BCUT2D eigenvalue weighted by atomic mass is 19.1. The largest absolute Gasteiger partial charge is 0.356 e. The summed E-state index contributed by atoms with van der Waals surface area (Å²) in [6.07, 6.45) is 0. The molecular formula is C12H13FN2O. The van der Waals surface area contributed by atoms with Crippen molar-refractivity contribution >= 4 is 0 Å². The van der Waals surface area contributed by atoms with Crippen molar-refractivity contribution < 1.29 is 8.91 Å². The van der Waals surface area contributed by atoms with E-state index in [1.165, 1.54) is 6.07 Å². The van der Waals surface area contributed by atoms with Gasteiger partial charge in [-0.25, -0.2) is 4.39 Å². The number of nitrogens with zero attached hydrogens (tertiary/aromatic N) is 1. The van der Waals surface area contributed by atoms with Crippen molar-refractivity contribution in [2.45, 2.75) is 13.5 Å². The molecule has 4 heteroatoms. The van der Waals surface area contributed by atoms with E-state index in [9.17, 15) is 4.39 Å². The maximum absolute atomic E-state index is 13.4. The Morgan fingerprint density at radius 3 is 2.94 bits per heavy atom. The fourth-order valence-corrected chi connectivity index (χ4v) is 1.44. The monoisotopic (exact) mass is 220 g/mol. The third kappa shape index (κ3) is 2.28. The SMILES string of the molecule is CCNCc1cc(-c2ccccc2F)on1. The minimum absolute atomic E-state index is 0.298. The number of hydrogen-bond donors (Lipinski definition) is 1. The van der Waals surface area contributed by atoms with E-state index in [1.807, 2.05) is 6.92 Å². The molecule has 1 heterocycles. The second-order valence-corrected chi connectivity index (χ2v) is 3.44. The van der Waals surface area contributed by atoms with Gasteiger partial charge in [-0.15, -0.1) is 0 Å². The summed E-state index contributed by atoms with van der Waals surface area (Å²) in [7, 11) is 0. The molecule has 0 unspecified atom stereocenters. The lowest BCUT2D eigenvalue weighted by Crippen LogP contribution is -2.11. The lowest BCUT2D eigenvalue weighted by Gasteiger charge is -1.96. The van der Waals surface area contributed by atoms with E-state index in [-0.39, 0.29) is 5.82 Å². The molecule has 0 aliphatic carbocycles. The fraction of sp³-hybridized carbons (Fsp3) is 0.250. The van der Waals surface area contributed by atoms with Gasteiger partial charge in [0.05, 0.1) is 11.3 Å². The van der Waals surface area contributed by atoms with Crippen molar-refractivity contribution in [1.82, 2.24) is 10.5 Å². The van der Waals surface area contributed by atoms with Crippen LogP contribution in [0.5, 0.6) is 0 Å². The Hall–Kier alpha value is -1.68. The molecular weight excluding hydrogens is 207 g/mol. The fourth-order valence-electron chi connectivity index (χ4n) is 1.44. The first-order valence-electron chi connectivity index (χ1n) is 5.22. The average molecular weight is 220 g/mol. The highest BCUT2D eigenvalue weighted by molar-refractivity contribution is 5.57. The van der Waals surface area contributed by atoms with Gasteiger partial charge in [0.1, 0.15) is 5.82 Å². The predicted molar refractivity (Wildman–Crippen MR) is 59.3 cm³/mol. The summed E-state index contributed by atoms with van der Waals surface area (Å²) in [6.45, 7) is 3.51. The van der Waals surface area contributed by atoms with Crippen LogP contribution in [0.4, 0.5) is 4.39 Å². The number of nitrogens with one attached hydrogen (secondary N) is 1. The summed E-state index contributed by atoms with van der Waals surface area (Å²) in [5.74, 6) is 0.166. The van der Waals surface area contributed by atoms with Crippen LogP contribution in [0.25, 0.3) is 11.3 Å². The lowest BCUT2D eigenvalue weighted by atomic mass is 10.1. The zero-order valence-corrected chi connectivity index (χ0v) is 9.03. The first kappa shape index (κ1) is 10.8. The normalized spacial score (nSPS) is 10.6. The van der Waals surface area contributed by atoms with Crippen LogP contribution in [0.3, 0.4) is 0 Å². The number of halogens is 1. The van der Waals surface area contributed by atoms with Crippen LogP contribution in [0, 0.1) is 5.82 Å². The summed E-state index contributed by atoms with van der Waals surface area (Å²) in [5, 5.41) is 6.99. The quantitative estimate of drug-likeness (QED) is 0.860. The van der Waals surface area contributed by atoms with E-state index in [4.69, 9.17) is 4.52 Å². The molecule has 0 aliphatic heterocycles. The summed E-state index contributed by atoms with van der Waals surface area (Å²) >= 11 is 0. The molecule has 0 bridgehead atoms. The molecule has 2 rings (SSSR count). The van der Waals surface area contributed by atoms with Crippen LogP contribution >= 0.6 is 0 Å². The number of benzene rings is 1. The van der Waals surface area contributed by atoms with Gasteiger partial charge >= 0.3 is 0 Å². The number of hydrogen-bond acceptors (Lipinski definition) is 3. The third-order valence-corrected chi connectivity index (χ3v) is 2.25. The van der Waals surface area contributed by atoms with Gasteiger partial charge < -0.3 is 9.84 Å². The Morgan fingerprint density at radius 2 is 2.19 bits per heavy atom. The standard InChI is InChI=1S/C12H13FN2O/c1-2-14-8-9-7-12(16-15-9)10-5-3-4-6-11(10)13/h3-7,14H,2,8H2,1H3. The smallest absolute Gasteiger partial charge is 0.170 e. The van der Waals surface area contributed by atoms with E-state index in [2.05, 4.69) is 10.5 Å². The van der Waals surface area contributed by atoms with Crippen molar-refractivity contribution in [2.75, 3.05) is 6.54 Å². The van der Waals surface area contributed by atoms with Crippen molar-refractivity contribution in [2.24, 2.45) is 0 Å². The first-order valence-corrected chi connectivity index (χ1v) is 5.22. The minimum Gasteiger partial charge on any atom is -0.356 e. The lowest BCUT2D eigenvalue weighted by molar-refractivity contribution is 0.418. The van der Waals surface area contributed by atoms with Crippen LogP contribution in [-0.4, -0.2) is 11.7 Å². The second kappa shape index (κ2) is 4.90. The van der Waals surface area contributed by atoms with Crippen molar-refractivity contribution in [1.29, 1.82) is 0 Å². The van der Waals surface area contributed by atoms with Gasteiger partial charge in [0.2, 0.25) is 0 Å². The molecule has 0 spiro atoms. The molecule has 3 nitrogen and oxygen atoms in total. The van der Waals surface area contributed by atoms with Gasteiger partial charge in [0, 0.05) is 12.6 Å². The zero-order chi connectivity index (χ0) is 11.4. The van der Waals surface area contributed by atoms with E-state index in [1.54, 1.807) is 24.3 Å². The van der Waals surface area contributed by atoms with Crippen LogP contribution in [0.2, 0.25) is 0 Å². The molecule has 1 aromatic heterocycles. The molecule has 84 valence electrons. The Labute approximate surface area is 93.3 Å². The molecule has 1 N–H and O–H groups in total. The number of aromatic nitrogens is 1. The second-order valence-electron chi connectivity index (χ2n) is 3.44. The molecule has 2 aromatic rings. The van der Waals surface area contributed by atoms with Crippen LogP contribution in [0.1, 0.15) is 12.6 Å². The third-order valence-electron chi connectivity index (χ3n) is 2.25. The maximum Gasteiger partial charge on any atom is 0.170 e. The van der Waals surface area contributed by atoms with Gasteiger partial charge in [-0.3, -0.25) is 0 Å². The molecule has 1 aromatic carbocycles. The molecule has 0 saturated heterocycles. The summed E-state index contributed by atoms with van der Waals surface area (Å²) in [4.78, 5) is 0. The summed E-state index contributed by atoms with van der Waals surface area (Å²) < 4.78 is 18.5. The highest BCUT2D eigenvalue weighted by Crippen LogP contribution is 2.22. The topological polar surface area (TPSA) is 38.1 Å². The Bertz CT molecular complexity index is 468. The average Bonchev–Trinajstić information content (AvgIpc) is 2.75. The molecule has 0 amide bonds. The predicted octanol–water partition coefficient (Wildman–Crippen LogP) is 2.59. The van der Waals surface area contributed by atoms with Gasteiger partial charge in [-0.05, 0) is 18.7 Å². The van der Waals surface area contributed by atoms with E-state index < -0.39 is 0 Å². The van der Waals surface area contributed by atoms with E-state index in [0.717, 1.165) is 12.2 Å². The first-order chi connectivity index (χ1) is 7.81. The van der Waals surface area contributed by atoms with Crippen LogP contribution in [-0.2, 0) is 6.54 Å². The van der Waals surface area contributed by atoms with Gasteiger partial charge in [0.25, 0.3) is 0 Å². The van der Waals surface area contributed by atoms with E-state index >= 15 is 0 Å². The molecule has 0 aliphatic rings. The van der Waals surface area contributed by atoms with Gasteiger partial charge in [0.15, 0.2) is 5.76 Å². The van der Waals surface area contributed by atoms with Crippen molar-refractivity contribution in [3.8, 4) is 11.3 Å². The zero-order valence-electron chi connectivity index (χ0n) is 9.03. The van der Waals surface area contributed by atoms with Gasteiger partial charge in [-0.1, -0.05) is 24.2 Å². The molecule has 0 atom stereocenters. The summed E-state index contributed by atoms with van der Waals surface area (Å²) in [5.41, 5.74) is 1.22. The Balaban J connectivity index is 2.22. The van der Waals surface area contributed by atoms with Crippen LogP contribution in [0.15, 0.2) is 34.9 Å². The van der Waals surface area contributed by atoms with Crippen molar-refractivity contribution in [3.05, 3.63) is 41.8 Å². The molecule has 0 saturated carbocycles. The maximum atomic E-state index is 13.4. The Morgan fingerprint density at radius 1 is 1.38 bits per heavy atom. The molecule has 16 heavy (non-hydrogen) atoms. The Kier molecular flexibility index (Phi) is 3.31. The van der Waals surface area contributed by atoms with E-state index in [0.29, 0.717) is 17.9 Å². The van der Waals surface area contributed by atoms with Gasteiger partial charge in [-0.2, -0.15) is 0 Å².